The molecule has 2 aliphatic rings. The molecule has 0 fully saturated rings. The first-order chi connectivity index (χ1) is 9.63. The normalized spacial score (nSPS) is 23.1. The minimum Gasteiger partial charge on any atom is -0.0590 e. The average molecular weight is 262 g/mol. The van der Waals surface area contributed by atoms with Crippen molar-refractivity contribution in [1.29, 1.82) is 0 Å². The second kappa shape index (κ2) is 4.22. The van der Waals surface area contributed by atoms with Gasteiger partial charge in [-0.25, -0.2) is 0 Å². The molecule has 2 aromatic rings. The molecule has 0 aromatic heterocycles. The van der Waals surface area contributed by atoms with E-state index in [1.54, 1.807) is 22.3 Å². The fourth-order valence-electron chi connectivity index (χ4n) is 4.32. The molecule has 0 saturated heterocycles. The topological polar surface area (TPSA) is 0 Å². The van der Waals surface area contributed by atoms with E-state index >= 15 is 0 Å². The predicted molar refractivity (Wildman–Crippen MR) is 84.6 cm³/mol. The van der Waals surface area contributed by atoms with Gasteiger partial charge in [-0.15, -0.1) is 0 Å². The van der Waals surface area contributed by atoms with Crippen molar-refractivity contribution >= 4 is 0 Å². The molecule has 2 aliphatic carbocycles. The molecule has 0 bridgehead atoms. The highest BCUT2D eigenvalue weighted by Gasteiger charge is 2.37. The summed E-state index contributed by atoms with van der Waals surface area (Å²) in [5.74, 6) is 1.50. The van der Waals surface area contributed by atoms with Gasteiger partial charge in [-0.1, -0.05) is 35.9 Å². The van der Waals surface area contributed by atoms with Gasteiger partial charge >= 0.3 is 0 Å². The molecule has 0 saturated carbocycles. The van der Waals surface area contributed by atoms with Gasteiger partial charge in [-0.3, -0.25) is 0 Å². The van der Waals surface area contributed by atoms with Gasteiger partial charge in [0.2, 0.25) is 0 Å². The molecular formula is C20H22. The summed E-state index contributed by atoms with van der Waals surface area (Å²) in [6, 6.07) is 12.0. The summed E-state index contributed by atoms with van der Waals surface area (Å²) < 4.78 is 0. The van der Waals surface area contributed by atoms with E-state index in [9.17, 15) is 0 Å². The minimum atomic E-state index is 0.731. The van der Waals surface area contributed by atoms with E-state index in [0.29, 0.717) is 0 Å². The SMILES string of the molecule is Cc1ccc2c(c1)CC1c3cc(C)c(C)cc3CCC21. The van der Waals surface area contributed by atoms with Gasteiger partial charge < -0.3 is 0 Å². The van der Waals surface area contributed by atoms with Crippen molar-refractivity contribution in [2.24, 2.45) is 0 Å². The number of hydrogen-bond acceptors (Lipinski definition) is 0. The van der Waals surface area contributed by atoms with Crippen LogP contribution in [-0.4, -0.2) is 0 Å². The fourth-order valence-corrected chi connectivity index (χ4v) is 4.32. The number of aryl methyl sites for hydroxylation is 4. The molecule has 2 aromatic carbocycles. The van der Waals surface area contributed by atoms with Gasteiger partial charge in [0.25, 0.3) is 0 Å². The highest BCUT2D eigenvalue weighted by Crippen LogP contribution is 2.50. The number of benzene rings is 2. The van der Waals surface area contributed by atoms with E-state index in [-0.39, 0.29) is 0 Å². The standard InChI is InChI=1S/C20H22/c1-12-4-6-17-16(8-12)11-20-18(17)7-5-15-9-13(2)14(3)10-19(15)20/h4,6,8-10,18,20H,5,7,11H2,1-3H3. The lowest BCUT2D eigenvalue weighted by molar-refractivity contribution is 0.507. The second-order valence-corrected chi connectivity index (χ2v) is 6.79. The van der Waals surface area contributed by atoms with Crippen molar-refractivity contribution in [2.75, 3.05) is 0 Å². The molecule has 4 rings (SSSR count). The number of hydrogen-bond donors (Lipinski definition) is 0. The summed E-state index contributed by atoms with van der Waals surface area (Å²) >= 11 is 0. The summed E-state index contributed by atoms with van der Waals surface area (Å²) in [5, 5.41) is 0. The van der Waals surface area contributed by atoms with E-state index in [0.717, 1.165) is 11.8 Å². The summed E-state index contributed by atoms with van der Waals surface area (Å²) in [4.78, 5) is 0. The highest BCUT2D eigenvalue weighted by atomic mass is 14.4. The van der Waals surface area contributed by atoms with Gasteiger partial charge in [-0.05, 0) is 85.3 Å². The minimum absolute atomic E-state index is 0.731. The fraction of sp³-hybridized carbons (Fsp3) is 0.400. The second-order valence-electron chi connectivity index (χ2n) is 6.79. The summed E-state index contributed by atoms with van der Waals surface area (Å²) in [5.41, 5.74) is 10.8. The largest absolute Gasteiger partial charge is 0.0590 e. The molecular weight excluding hydrogens is 240 g/mol. The molecule has 0 spiro atoms. The molecule has 0 aliphatic heterocycles. The molecule has 2 unspecified atom stereocenters. The van der Waals surface area contributed by atoms with Crippen LogP contribution in [0.2, 0.25) is 0 Å². The van der Waals surface area contributed by atoms with Gasteiger partial charge in [0.05, 0.1) is 0 Å². The van der Waals surface area contributed by atoms with Crippen molar-refractivity contribution in [3.8, 4) is 0 Å². The van der Waals surface area contributed by atoms with Gasteiger partial charge in [0, 0.05) is 0 Å². The average Bonchev–Trinajstić information content (AvgIpc) is 2.78. The van der Waals surface area contributed by atoms with Gasteiger partial charge in [-0.2, -0.15) is 0 Å². The Balaban J connectivity index is 1.83. The summed E-state index contributed by atoms with van der Waals surface area (Å²) in [6.07, 6.45) is 3.83. The lowest BCUT2D eigenvalue weighted by Gasteiger charge is -2.30. The van der Waals surface area contributed by atoms with Crippen molar-refractivity contribution < 1.29 is 0 Å². The molecule has 102 valence electrons. The van der Waals surface area contributed by atoms with Crippen molar-refractivity contribution in [1.82, 2.24) is 0 Å². The molecule has 0 nitrogen and oxygen atoms in total. The zero-order valence-electron chi connectivity index (χ0n) is 12.7. The van der Waals surface area contributed by atoms with Crippen LogP contribution in [0.25, 0.3) is 0 Å². The van der Waals surface area contributed by atoms with Crippen molar-refractivity contribution in [3.63, 3.8) is 0 Å². The van der Waals surface area contributed by atoms with Crippen LogP contribution in [-0.2, 0) is 12.8 Å². The molecule has 0 heterocycles. The molecule has 0 N–H and O–H groups in total. The maximum absolute atomic E-state index is 2.47. The van der Waals surface area contributed by atoms with Crippen LogP contribution in [0.5, 0.6) is 0 Å². The van der Waals surface area contributed by atoms with E-state index in [1.165, 1.54) is 36.0 Å². The highest BCUT2D eigenvalue weighted by molar-refractivity contribution is 5.49. The Morgan fingerprint density at radius 1 is 0.800 bits per heavy atom. The monoisotopic (exact) mass is 262 g/mol. The van der Waals surface area contributed by atoms with E-state index in [1.807, 2.05) is 0 Å². The zero-order valence-corrected chi connectivity index (χ0v) is 12.7. The van der Waals surface area contributed by atoms with E-state index in [2.05, 4.69) is 51.1 Å². The summed E-state index contributed by atoms with van der Waals surface area (Å²) in [6.45, 7) is 6.71. The predicted octanol–water partition coefficient (Wildman–Crippen LogP) is 4.98. The van der Waals surface area contributed by atoms with Crippen LogP contribution in [0.15, 0.2) is 30.3 Å². The first-order valence-corrected chi connectivity index (χ1v) is 7.83. The smallest absolute Gasteiger partial charge is 0.00495 e. The van der Waals surface area contributed by atoms with Crippen LogP contribution in [0, 0.1) is 20.8 Å². The molecule has 0 amide bonds. The Morgan fingerprint density at radius 3 is 2.45 bits per heavy atom. The Kier molecular flexibility index (Phi) is 2.57. The Hall–Kier alpha value is -1.56. The lowest BCUT2D eigenvalue weighted by atomic mass is 9.74. The van der Waals surface area contributed by atoms with Crippen LogP contribution in [0.4, 0.5) is 0 Å². The van der Waals surface area contributed by atoms with Crippen molar-refractivity contribution in [3.05, 3.63) is 69.3 Å². The van der Waals surface area contributed by atoms with Crippen molar-refractivity contribution in [2.45, 2.75) is 51.9 Å². The Labute approximate surface area is 121 Å². The van der Waals surface area contributed by atoms with Crippen LogP contribution in [0.1, 0.15) is 57.2 Å². The molecule has 0 heteroatoms. The summed E-state index contributed by atoms with van der Waals surface area (Å²) in [7, 11) is 0. The van der Waals surface area contributed by atoms with E-state index in [4.69, 9.17) is 0 Å². The first kappa shape index (κ1) is 12.2. The maximum Gasteiger partial charge on any atom is -0.00495 e. The molecule has 20 heavy (non-hydrogen) atoms. The lowest BCUT2D eigenvalue weighted by Crippen LogP contribution is -2.16. The Morgan fingerprint density at radius 2 is 1.60 bits per heavy atom. The van der Waals surface area contributed by atoms with Gasteiger partial charge in [0.1, 0.15) is 0 Å². The number of fused-ring (bicyclic) bond motifs is 5. The Bertz CT molecular complexity index is 693. The quantitative estimate of drug-likeness (QED) is 0.628. The first-order valence-electron chi connectivity index (χ1n) is 7.83. The third-order valence-electron chi connectivity index (χ3n) is 5.50. The molecule has 0 radical (unpaired) electrons. The zero-order chi connectivity index (χ0) is 13.9. The van der Waals surface area contributed by atoms with E-state index < -0.39 is 0 Å². The number of rotatable bonds is 0. The van der Waals surface area contributed by atoms with Crippen LogP contribution in [0.3, 0.4) is 0 Å². The third kappa shape index (κ3) is 1.67. The van der Waals surface area contributed by atoms with Gasteiger partial charge in [0.15, 0.2) is 0 Å². The molecule has 2 atom stereocenters. The maximum atomic E-state index is 2.47. The van der Waals surface area contributed by atoms with Crippen LogP contribution < -0.4 is 0 Å². The van der Waals surface area contributed by atoms with Crippen LogP contribution >= 0.6 is 0 Å². The third-order valence-corrected chi connectivity index (χ3v) is 5.50.